The van der Waals surface area contributed by atoms with Gasteiger partial charge in [0.1, 0.15) is 12.6 Å². The Hall–Kier alpha value is -2.27. The summed E-state index contributed by atoms with van der Waals surface area (Å²) in [6.45, 7) is 0.224. The van der Waals surface area contributed by atoms with Crippen LogP contribution in [0.25, 0.3) is 0 Å². The Kier molecular flexibility index (Phi) is 2.68. The summed E-state index contributed by atoms with van der Waals surface area (Å²) in [6.07, 6.45) is -0.850. The molecule has 11 nitrogen and oxygen atoms in total. The molecule has 1 saturated heterocycles. The van der Waals surface area contributed by atoms with E-state index in [4.69, 9.17) is 21.9 Å². The van der Waals surface area contributed by atoms with E-state index in [9.17, 15) is 15.0 Å². The first-order chi connectivity index (χ1) is 9.78. The number of nitrogens with two attached hydrogens (primary N) is 3. The summed E-state index contributed by atoms with van der Waals surface area (Å²) in [7, 11) is 0. The molecule has 3 atom stereocenters. The Labute approximate surface area is 119 Å². The molecule has 0 aromatic heterocycles. The molecular formula is C10H19N7O4+2. The number of nitrogens with one attached hydrogen (secondary N) is 3. The first-order valence-electron chi connectivity index (χ1n) is 6.48. The number of amides is 1. The summed E-state index contributed by atoms with van der Waals surface area (Å²) in [5.74, 6) is -1.65. The van der Waals surface area contributed by atoms with Crippen molar-refractivity contribution in [2.45, 2.75) is 30.0 Å². The SMILES string of the molecule is NC(=O)OCC1NC(N)=[N+]2CCC(O)(O)C23NC(N)=[NH+]C13. The number of hydrogen-bond donors (Lipinski definition) is 8. The van der Waals surface area contributed by atoms with E-state index in [2.05, 4.69) is 15.6 Å². The quantitative estimate of drug-likeness (QED) is 0.183. The molecule has 1 fully saturated rings. The highest BCUT2D eigenvalue weighted by Gasteiger charge is 2.74. The molecule has 1 spiro atoms. The summed E-state index contributed by atoms with van der Waals surface area (Å²) < 4.78 is 6.40. The maximum Gasteiger partial charge on any atom is 0.404 e. The number of ether oxygens (including phenoxy) is 1. The molecule has 0 aromatic carbocycles. The molecule has 0 radical (unpaired) electrons. The van der Waals surface area contributed by atoms with Crippen LogP contribution in [0, 0.1) is 0 Å². The van der Waals surface area contributed by atoms with Crippen molar-refractivity contribution in [2.24, 2.45) is 17.2 Å². The Morgan fingerprint density at radius 3 is 2.90 bits per heavy atom. The lowest BCUT2D eigenvalue weighted by atomic mass is 9.87. The second-order valence-corrected chi connectivity index (χ2v) is 5.41. The van der Waals surface area contributed by atoms with E-state index in [0.717, 1.165) is 0 Å². The molecular weight excluding hydrogens is 282 g/mol. The van der Waals surface area contributed by atoms with Crippen LogP contribution >= 0.6 is 0 Å². The fourth-order valence-corrected chi connectivity index (χ4v) is 3.39. The fourth-order valence-electron chi connectivity index (χ4n) is 3.39. The lowest BCUT2D eigenvalue weighted by Gasteiger charge is -2.40. The summed E-state index contributed by atoms with van der Waals surface area (Å²) in [4.78, 5) is 13.7. The number of rotatable bonds is 2. The van der Waals surface area contributed by atoms with Crippen molar-refractivity contribution in [3.8, 4) is 0 Å². The molecule has 3 aliphatic rings. The third-order valence-corrected chi connectivity index (χ3v) is 4.24. The van der Waals surface area contributed by atoms with Gasteiger partial charge in [-0.25, -0.2) is 14.7 Å². The summed E-state index contributed by atoms with van der Waals surface area (Å²) in [5, 5.41) is 26.6. The first kappa shape index (κ1) is 13.7. The molecule has 116 valence electrons. The standard InChI is InChI=1S/C10H17N7O4/c11-6-15-5-4(3-21-8(13)18)14-7(12)17-2-1-9(19,20)10(5,17)16-6/h4-5,19-20H,1-3H2,(H7,11,12,13,14,15,16,18)/p+2. The van der Waals surface area contributed by atoms with Gasteiger partial charge in [0.2, 0.25) is 5.79 Å². The number of aliphatic hydroxyl groups is 2. The molecule has 11 heteroatoms. The molecule has 3 aliphatic heterocycles. The normalized spacial score (nSPS) is 36.2. The molecule has 11 N–H and O–H groups in total. The third-order valence-electron chi connectivity index (χ3n) is 4.24. The second kappa shape index (κ2) is 4.11. The zero-order chi connectivity index (χ0) is 15.4. The minimum Gasteiger partial charge on any atom is -0.446 e. The van der Waals surface area contributed by atoms with Gasteiger partial charge in [0, 0.05) is 6.42 Å². The van der Waals surface area contributed by atoms with Crippen molar-refractivity contribution in [2.75, 3.05) is 13.2 Å². The van der Waals surface area contributed by atoms with Gasteiger partial charge in [-0.1, -0.05) is 0 Å². The van der Waals surface area contributed by atoms with Crippen molar-refractivity contribution in [3.63, 3.8) is 0 Å². The van der Waals surface area contributed by atoms with Crippen molar-refractivity contribution in [1.82, 2.24) is 10.6 Å². The fraction of sp³-hybridized carbons (Fsp3) is 0.700. The molecule has 0 saturated carbocycles. The number of primary amides is 1. The van der Waals surface area contributed by atoms with E-state index in [0.29, 0.717) is 6.54 Å². The zero-order valence-corrected chi connectivity index (χ0v) is 11.2. The van der Waals surface area contributed by atoms with Crippen LogP contribution in [0.15, 0.2) is 0 Å². The van der Waals surface area contributed by atoms with Crippen LogP contribution in [0.2, 0.25) is 0 Å². The Balaban J connectivity index is 2.02. The van der Waals surface area contributed by atoms with Gasteiger partial charge in [-0.15, -0.1) is 0 Å². The van der Waals surface area contributed by atoms with Crippen LogP contribution in [-0.4, -0.2) is 69.5 Å². The smallest absolute Gasteiger partial charge is 0.404 e. The van der Waals surface area contributed by atoms with Gasteiger partial charge in [0.25, 0.3) is 5.66 Å². The third kappa shape index (κ3) is 1.70. The number of hydrogen-bond acceptors (Lipinski definition) is 8. The zero-order valence-electron chi connectivity index (χ0n) is 11.2. The van der Waals surface area contributed by atoms with Gasteiger partial charge < -0.3 is 20.7 Å². The van der Waals surface area contributed by atoms with E-state index in [1.54, 1.807) is 4.58 Å². The first-order valence-corrected chi connectivity index (χ1v) is 6.48. The van der Waals surface area contributed by atoms with Gasteiger partial charge in [0.05, 0.1) is 6.54 Å². The van der Waals surface area contributed by atoms with Crippen molar-refractivity contribution >= 4 is 18.0 Å². The minimum atomic E-state index is -2.07. The Morgan fingerprint density at radius 1 is 1.52 bits per heavy atom. The number of carbonyl (C=O) groups is 1. The van der Waals surface area contributed by atoms with Gasteiger partial charge in [0.15, 0.2) is 6.04 Å². The highest BCUT2D eigenvalue weighted by atomic mass is 16.5. The minimum absolute atomic E-state index is 0.0806. The predicted octanol–water partition coefficient (Wildman–Crippen LogP) is -6.47. The van der Waals surface area contributed by atoms with E-state index >= 15 is 0 Å². The summed E-state index contributed by atoms with van der Waals surface area (Å²) >= 11 is 0. The summed E-state index contributed by atoms with van der Waals surface area (Å²) in [6, 6.07) is -1.14. The van der Waals surface area contributed by atoms with Crippen LogP contribution in [-0.2, 0) is 4.74 Å². The van der Waals surface area contributed by atoms with E-state index in [1.165, 1.54) is 0 Å². The lowest BCUT2D eigenvalue weighted by Crippen LogP contribution is -2.91. The monoisotopic (exact) mass is 301 g/mol. The van der Waals surface area contributed by atoms with E-state index in [1.807, 2.05) is 0 Å². The predicted molar refractivity (Wildman–Crippen MR) is 68.4 cm³/mol. The van der Waals surface area contributed by atoms with Gasteiger partial charge in [-0.05, 0) is 0 Å². The Bertz CT molecular complexity index is 560. The molecule has 0 bridgehead atoms. The van der Waals surface area contributed by atoms with Crippen molar-refractivity contribution < 1.29 is 29.3 Å². The van der Waals surface area contributed by atoms with Crippen LogP contribution in [0.1, 0.15) is 6.42 Å². The number of nitrogens with zero attached hydrogens (tertiary/aromatic N) is 1. The highest BCUT2D eigenvalue weighted by molar-refractivity contribution is 5.78. The topological polar surface area (TPSA) is 186 Å². The lowest BCUT2D eigenvalue weighted by molar-refractivity contribution is -0.674. The Morgan fingerprint density at radius 2 is 2.24 bits per heavy atom. The van der Waals surface area contributed by atoms with Gasteiger partial charge in [-0.2, -0.15) is 0 Å². The molecule has 1 amide bonds. The van der Waals surface area contributed by atoms with Crippen LogP contribution < -0.4 is 32.8 Å². The second-order valence-electron chi connectivity index (χ2n) is 5.41. The number of guanidine groups is 2. The largest absolute Gasteiger partial charge is 0.446 e. The average Bonchev–Trinajstić information content (AvgIpc) is 2.85. The van der Waals surface area contributed by atoms with Crippen molar-refractivity contribution in [3.05, 3.63) is 0 Å². The maximum absolute atomic E-state index is 10.8. The molecule has 0 aliphatic carbocycles. The van der Waals surface area contributed by atoms with E-state index < -0.39 is 29.6 Å². The molecule has 3 rings (SSSR count). The number of carbonyl (C=O) groups excluding carboxylic acids is 1. The molecule has 3 heterocycles. The highest BCUT2D eigenvalue weighted by Crippen LogP contribution is 2.36. The van der Waals surface area contributed by atoms with Crippen LogP contribution in [0.4, 0.5) is 4.79 Å². The van der Waals surface area contributed by atoms with Crippen LogP contribution in [0.3, 0.4) is 0 Å². The van der Waals surface area contributed by atoms with Gasteiger partial charge >= 0.3 is 18.0 Å². The molecule has 0 aromatic rings. The maximum atomic E-state index is 10.8. The van der Waals surface area contributed by atoms with E-state index in [-0.39, 0.29) is 24.9 Å². The van der Waals surface area contributed by atoms with Gasteiger partial charge in [-0.3, -0.25) is 21.8 Å². The molecule has 3 unspecified atom stereocenters. The summed E-state index contributed by atoms with van der Waals surface area (Å²) in [5.41, 5.74) is 15.3. The molecule has 21 heavy (non-hydrogen) atoms. The van der Waals surface area contributed by atoms with Crippen LogP contribution in [0.5, 0.6) is 0 Å². The average molecular weight is 301 g/mol. The van der Waals surface area contributed by atoms with Crippen molar-refractivity contribution in [1.29, 1.82) is 0 Å².